The molecule has 416 valence electrons. The van der Waals surface area contributed by atoms with Crippen LogP contribution in [0.1, 0.15) is 180 Å². The molecule has 0 fully saturated rings. The number of fused-ring (bicyclic) bond motifs is 17. The average molecular weight is 1080 g/mol. The maximum atomic E-state index is 6.21. The van der Waals surface area contributed by atoms with Crippen LogP contribution in [0.5, 0.6) is 0 Å². The molecule has 10 nitrogen and oxygen atoms in total. The molecular weight excluding hydrogens is 993 g/mol. The molecule has 8 aliphatic heterocycles. The van der Waals surface area contributed by atoms with Gasteiger partial charge in [-0.15, -0.1) is 11.3 Å². The number of rotatable bonds is 0. The highest BCUT2D eigenvalue weighted by Crippen LogP contribution is 2.52. The summed E-state index contributed by atoms with van der Waals surface area (Å²) in [6, 6.07) is 31.1. The van der Waals surface area contributed by atoms with E-state index in [1.165, 1.54) is 83.7 Å². The summed E-state index contributed by atoms with van der Waals surface area (Å²) in [5.74, 6) is 7.49. The van der Waals surface area contributed by atoms with E-state index in [1.807, 2.05) is 17.4 Å². The van der Waals surface area contributed by atoms with Crippen LogP contribution in [0.3, 0.4) is 0 Å². The molecule has 8 atom stereocenters. The summed E-state index contributed by atoms with van der Waals surface area (Å²) < 4.78 is 21.5. The highest BCUT2D eigenvalue weighted by molar-refractivity contribution is 7.12. The Balaban J connectivity index is 0.000000108. The van der Waals surface area contributed by atoms with E-state index in [4.69, 9.17) is 8.83 Å². The summed E-state index contributed by atoms with van der Waals surface area (Å²) in [6.07, 6.45) is 2.91. The quantitative estimate of drug-likeness (QED) is 0.141. The Kier molecular flexibility index (Phi) is 11.9. The average Bonchev–Trinajstić information content (AvgIpc) is 2.85. The van der Waals surface area contributed by atoms with Gasteiger partial charge in [-0.25, -0.2) is 19.6 Å². The molecule has 3 aromatic heterocycles. The minimum Gasteiger partial charge on any atom is -0.456 e. The third-order valence-electron chi connectivity index (χ3n) is 21.7. The van der Waals surface area contributed by atoms with E-state index in [1.54, 1.807) is 6.26 Å². The Bertz CT molecular complexity index is 3570. The van der Waals surface area contributed by atoms with E-state index in [-0.39, 0.29) is 27.6 Å². The predicted molar refractivity (Wildman–Crippen MR) is 324 cm³/mol. The number of hydrogen-bond acceptors (Lipinski definition) is 7. The number of benzene rings is 3. The number of nitrogens with zero attached hydrogens (tertiary/aromatic N) is 8. The summed E-state index contributed by atoms with van der Waals surface area (Å²) in [5, 5.41) is 3.47. The van der Waals surface area contributed by atoms with Crippen LogP contribution in [0.25, 0.3) is 22.1 Å². The summed E-state index contributed by atoms with van der Waals surface area (Å²) >= 11 is 1.88. The molecule has 79 heavy (non-hydrogen) atoms. The van der Waals surface area contributed by atoms with E-state index >= 15 is 0 Å². The van der Waals surface area contributed by atoms with Gasteiger partial charge in [0, 0.05) is 16.5 Å². The molecule has 15 rings (SSSR count). The van der Waals surface area contributed by atoms with Gasteiger partial charge in [0.2, 0.25) is 11.5 Å². The van der Waals surface area contributed by atoms with Gasteiger partial charge in [0.25, 0.3) is 11.7 Å². The summed E-state index contributed by atoms with van der Waals surface area (Å²) in [6.45, 7) is 42.0. The van der Waals surface area contributed by atoms with Crippen molar-refractivity contribution in [2.24, 2.45) is 0 Å². The first-order valence-electron chi connectivity index (χ1n) is 29.5. The smallest absolute Gasteiger partial charge is 0.317 e. The van der Waals surface area contributed by atoms with Crippen molar-refractivity contribution in [3.8, 4) is 11.1 Å². The first-order valence-corrected chi connectivity index (χ1v) is 30.4. The van der Waals surface area contributed by atoms with Gasteiger partial charge in [-0.2, -0.15) is 0 Å². The van der Waals surface area contributed by atoms with Crippen LogP contribution in [0.4, 0.5) is 0 Å². The zero-order chi connectivity index (χ0) is 56.9. The molecule has 0 bridgehead atoms. The highest BCUT2D eigenvalue weighted by atomic mass is 32.1. The number of furan rings is 2. The summed E-state index contributed by atoms with van der Waals surface area (Å²) in [4.78, 5) is 11.7. The Labute approximate surface area is 476 Å². The molecule has 0 radical (unpaired) electrons. The summed E-state index contributed by atoms with van der Waals surface area (Å²) in [7, 11) is 8.82. The number of amidine groups is 4. The van der Waals surface area contributed by atoms with E-state index in [2.05, 4.69) is 263 Å². The third kappa shape index (κ3) is 7.11. The number of thiophene rings is 1. The first kappa shape index (κ1) is 53.7. The molecule has 0 amide bonds. The molecule has 11 heteroatoms. The van der Waals surface area contributed by atoms with Crippen LogP contribution in [-0.4, -0.2) is 138 Å². The van der Waals surface area contributed by atoms with Gasteiger partial charge in [-0.3, -0.25) is 18.3 Å². The number of likely N-dealkylation sites (N-methyl/N-ethyl adjacent to an activating group) is 4. The van der Waals surface area contributed by atoms with Gasteiger partial charge >= 0.3 is 11.7 Å². The molecule has 0 spiro atoms. The Hall–Kier alpha value is -5.94. The molecule has 11 heterocycles. The lowest BCUT2D eigenvalue weighted by atomic mass is 9.69. The summed E-state index contributed by atoms with van der Waals surface area (Å²) in [5.41, 5.74) is 14.3. The van der Waals surface area contributed by atoms with Gasteiger partial charge in [0.1, 0.15) is 81.0 Å². The van der Waals surface area contributed by atoms with E-state index < -0.39 is 0 Å². The van der Waals surface area contributed by atoms with Gasteiger partial charge in [0.05, 0.1) is 51.1 Å². The number of hydrogen-bond donors (Lipinski definition) is 0. The fourth-order valence-corrected chi connectivity index (χ4v) is 17.6. The monoisotopic (exact) mass is 1080 g/mol. The van der Waals surface area contributed by atoms with Crippen LogP contribution in [0.2, 0.25) is 0 Å². The van der Waals surface area contributed by atoms with Crippen LogP contribution in [0.15, 0.2) is 93.3 Å². The predicted octanol–water partition coefficient (Wildman–Crippen LogP) is 12.6. The minimum absolute atomic E-state index is 0.0181. The van der Waals surface area contributed by atoms with Crippen LogP contribution < -0.4 is 0 Å². The molecule has 0 saturated carbocycles. The lowest BCUT2D eigenvalue weighted by molar-refractivity contribution is -0.526. The molecule has 0 saturated heterocycles. The fourth-order valence-electron chi connectivity index (χ4n) is 16.4. The molecule has 3 aromatic carbocycles. The van der Waals surface area contributed by atoms with E-state index in [9.17, 15) is 0 Å². The fraction of sp³-hybridized carbons (Fsp3) is 0.529. The van der Waals surface area contributed by atoms with Gasteiger partial charge in [0.15, 0.2) is 0 Å². The van der Waals surface area contributed by atoms with Gasteiger partial charge in [-0.05, 0) is 181 Å². The lowest BCUT2D eigenvalue weighted by Crippen LogP contribution is -2.44. The largest absolute Gasteiger partial charge is 0.456 e. The maximum Gasteiger partial charge on any atom is 0.317 e. The second-order valence-corrected chi connectivity index (χ2v) is 28.6. The molecule has 9 aliphatic rings. The van der Waals surface area contributed by atoms with Crippen LogP contribution in [0, 0.1) is 0 Å². The van der Waals surface area contributed by atoms with E-state index in [0.717, 1.165) is 23.5 Å². The van der Waals surface area contributed by atoms with Crippen molar-refractivity contribution in [2.75, 3.05) is 28.2 Å². The molecule has 8 unspecified atom stereocenters. The zero-order valence-corrected chi connectivity index (χ0v) is 52.5. The van der Waals surface area contributed by atoms with Crippen molar-refractivity contribution in [2.45, 2.75) is 207 Å². The second kappa shape index (κ2) is 17.5. The zero-order valence-electron chi connectivity index (χ0n) is 51.7. The molecule has 0 N–H and O–H groups in total. The van der Waals surface area contributed by atoms with Gasteiger partial charge in [-0.1, -0.05) is 56.3 Å². The SMILES string of the molecule is CC1C(C)[N+](C)=C2c3cc4c(cc3C(C)(C)N21)-c1ccccc1CC4(C)C.CC1C(C)[N+](C)=C2c3oc4ccccc4c3C(C)(C)N21.CC1C(C)[N+](C)=C2c3occc3C(C)(C)N21.CC1C(C)[N+](C)=C2c3sccc3C(C)(C)N21. The van der Waals surface area contributed by atoms with Crippen LogP contribution >= 0.6 is 11.3 Å². The third-order valence-corrected chi connectivity index (χ3v) is 22.6. The lowest BCUT2D eigenvalue weighted by Gasteiger charge is -2.35. The topological polar surface area (TPSA) is 51.3 Å². The second-order valence-electron chi connectivity index (χ2n) is 27.7. The van der Waals surface area contributed by atoms with Crippen molar-refractivity contribution in [3.63, 3.8) is 0 Å². The Morgan fingerprint density at radius 2 is 0.949 bits per heavy atom. The van der Waals surface area contributed by atoms with E-state index in [0.29, 0.717) is 48.3 Å². The van der Waals surface area contributed by atoms with Crippen molar-refractivity contribution >= 4 is 45.6 Å². The van der Waals surface area contributed by atoms with Gasteiger partial charge < -0.3 is 8.83 Å². The Morgan fingerprint density at radius 3 is 1.58 bits per heavy atom. The molecule has 1 aliphatic carbocycles. The minimum atomic E-state index is -0.0181. The molecular formula is C68H90N8O2S+4. The normalized spacial score (nSPS) is 28.5. The van der Waals surface area contributed by atoms with Crippen molar-refractivity contribution in [3.05, 3.63) is 140 Å². The standard InChI is InChI=1S/C25H31N2.C17H21N2O.C13H19N2O.C13H19N2S/c1-15-16(2)27-23(26(15)7)20-13-21-19(12-22(20)25(27,5)6)18-11-9-8-10-17(18)14-24(21,3)4;1-10-11(2)19-16(18(10)5)15-14(17(19,3)4)12-8-6-7-9-13(12)20-15;2*1-8-9(2)15-12(14(8)5)11-10(6-7-16-11)13(15,3)4/h8-13,15-16H,14H2,1-7H3;6-11H,1-5H3;2*6-9H,1-5H3/q4*+1. The van der Waals surface area contributed by atoms with Crippen LogP contribution in [-0.2, 0) is 34.0 Å². The van der Waals surface area contributed by atoms with Crippen molar-refractivity contribution < 1.29 is 27.1 Å². The number of para-hydroxylation sites is 1. The maximum absolute atomic E-state index is 6.21. The highest BCUT2D eigenvalue weighted by Gasteiger charge is 2.62. The molecule has 6 aromatic rings. The Morgan fingerprint density at radius 1 is 0.468 bits per heavy atom. The van der Waals surface area contributed by atoms with Crippen molar-refractivity contribution in [1.29, 1.82) is 0 Å². The first-order chi connectivity index (χ1) is 37.0. The van der Waals surface area contributed by atoms with Crippen molar-refractivity contribution in [1.82, 2.24) is 19.6 Å².